The number of rotatable bonds is 17. The highest BCUT2D eigenvalue weighted by molar-refractivity contribution is 5.98. The second-order valence-electron chi connectivity index (χ2n) is 13.7. The lowest BCUT2D eigenvalue weighted by Crippen LogP contribution is -2.37. The lowest BCUT2D eigenvalue weighted by molar-refractivity contribution is -0.141. The quantitative estimate of drug-likeness (QED) is 0.0881. The van der Waals surface area contributed by atoms with E-state index in [1.807, 2.05) is 85.2 Å². The van der Waals surface area contributed by atoms with Gasteiger partial charge in [-0.25, -0.2) is 9.97 Å². The van der Waals surface area contributed by atoms with Gasteiger partial charge in [-0.15, -0.1) is 0 Å². The van der Waals surface area contributed by atoms with Crippen LogP contribution in [-0.4, -0.2) is 57.3 Å². The van der Waals surface area contributed by atoms with Crippen LogP contribution in [0.3, 0.4) is 0 Å². The number of ketones is 1. The van der Waals surface area contributed by atoms with Gasteiger partial charge in [0, 0.05) is 54.5 Å². The molecule has 2 atom stereocenters. The number of benzene rings is 3. The first kappa shape index (κ1) is 36.4. The molecule has 8 nitrogen and oxygen atoms in total. The molecular weight excluding hydrogens is 626 g/mol. The molecule has 1 aliphatic heterocycles. The molecule has 1 fully saturated rings. The van der Waals surface area contributed by atoms with Crippen LogP contribution in [0.5, 0.6) is 5.75 Å². The number of unbranched alkanes of at least 4 members (excludes halogenated alkanes) is 4. The van der Waals surface area contributed by atoms with Gasteiger partial charge in [-0.2, -0.15) is 0 Å². The number of ether oxygens (including phenoxy) is 1. The van der Waals surface area contributed by atoms with Crippen molar-refractivity contribution in [2.24, 2.45) is 11.8 Å². The zero-order chi connectivity index (χ0) is 35.5. The van der Waals surface area contributed by atoms with Crippen molar-refractivity contribution in [2.45, 2.75) is 78.1 Å². The Morgan fingerprint density at radius 1 is 0.840 bits per heavy atom. The van der Waals surface area contributed by atoms with Crippen molar-refractivity contribution < 1.29 is 24.2 Å². The van der Waals surface area contributed by atoms with Gasteiger partial charge in [-0.05, 0) is 54.0 Å². The number of aliphatic carboxylic acids is 1. The minimum Gasteiger partial charge on any atom is -0.494 e. The van der Waals surface area contributed by atoms with Gasteiger partial charge < -0.3 is 14.7 Å². The monoisotopic (exact) mass is 675 g/mol. The van der Waals surface area contributed by atoms with Gasteiger partial charge in [-0.1, -0.05) is 107 Å². The maximum atomic E-state index is 13.7. The molecule has 1 N–H and O–H groups in total. The van der Waals surface area contributed by atoms with E-state index >= 15 is 0 Å². The van der Waals surface area contributed by atoms with Crippen LogP contribution < -0.4 is 4.74 Å². The van der Waals surface area contributed by atoms with E-state index in [0.717, 1.165) is 46.6 Å². The molecule has 3 aromatic carbocycles. The summed E-state index contributed by atoms with van der Waals surface area (Å²) in [5.41, 5.74) is 5.39. The fraction of sp³-hybridized carbons (Fsp3) is 0.405. The smallest absolute Gasteiger partial charge is 0.308 e. The first-order valence-electron chi connectivity index (χ1n) is 18.0. The van der Waals surface area contributed by atoms with E-state index in [1.165, 1.54) is 25.7 Å². The summed E-state index contributed by atoms with van der Waals surface area (Å²) in [4.78, 5) is 49.6. The number of hydrogen-bond acceptors (Lipinski definition) is 6. The van der Waals surface area contributed by atoms with Gasteiger partial charge in [0.1, 0.15) is 5.75 Å². The van der Waals surface area contributed by atoms with Crippen LogP contribution in [0.15, 0.2) is 85.2 Å². The fourth-order valence-corrected chi connectivity index (χ4v) is 6.40. The highest BCUT2D eigenvalue weighted by Gasteiger charge is 2.35. The van der Waals surface area contributed by atoms with Crippen LogP contribution in [0.4, 0.5) is 0 Å². The SMILES string of the molecule is CCCCCCCOc1ccc(-c2cnc(-c3ccc(C[C@H](CC(=O)c4ccc(C(C)C)cc4)C(=O)N4CC[C@H](C(=O)O)C4)cc3)nc2)cc1. The molecule has 1 aliphatic rings. The van der Waals surface area contributed by atoms with Gasteiger partial charge in [0.25, 0.3) is 0 Å². The van der Waals surface area contributed by atoms with E-state index in [-0.39, 0.29) is 24.7 Å². The van der Waals surface area contributed by atoms with Crippen LogP contribution >= 0.6 is 0 Å². The van der Waals surface area contributed by atoms with Crippen molar-refractivity contribution >= 4 is 17.7 Å². The highest BCUT2D eigenvalue weighted by atomic mass is 16.5. The normalized spacial score (nSPS) is 14.9. The number of carboxylic acids is 1. The minimum absolute atomic E-state index is 0.0482. The molecule has 0 radical (unpaired) electrons. The first-order chi connectivity index (χ1) is 24.2. The zero-order valence-electron chi connectivity index (χ0n) is 29.5. The summed E-state index contributed by atoms with van der Waals surface area (Å²) in [7, 11) is 0. The third kappa shape index (κ3) is 9.87. The van der Waals surface area contributed by atoms with Crippen molar-refractivity contribution in [3.8, 4) is 28.3 Å². The summed E-state index contributed by atoms with van der Waals surface area (Å²) in [5.74, 6) is -0.548. The number of carbonyl (C=O) groups is 3. The summed E-state index contributed by atoms with van der Waals surface area (Å²) >= 11 is 0. The van der Waals surface area contributed by atoms with Crippen LogP contribution in [0, 0.1) is 11.8 Å². The molecule has 262 valence electrons. The molecule has 0 bridgehead atoms. The Labute approximate surface area is 295 Å². The van der Waals surface area contributed by atoms with Crippen molar-refractivity contribution in [2.75, 3.05) is 19.7 Å². The average Bonchev–Trinajstić information content (AvgIpc) is 3.64. The second-order valence-corrected chi connectivity index (χ2v) is 13.7. The van der Waals surface area contributed by atoms with E-state index in [2.05, 4.69) is 30.7 Å². The van der Waals surface area contributed by atoms with Crippen molar-refractivity contribution in [3.05, 3.63) is 102 Å². The molecule has 5 rings (SSSR count). The van der Waals surface area contributed by atoms with Crippen molar-refractivity contribution in [1.82, 2.24) is 14.9 Å². The van der Waals surface area contributed by atoms with E-state index in [9.17, 15) is 19.5 Å². The van der Waals surface area contributed by atoms with Crippen LogP contribution in [0.2, 0.25) is 0 Å². The average molecular weight is 676 g/mol. The van der Waals surface area contributed by atoms with Crippen molar-refractivity contribution in [1.29, 1.82) is 0 Å². The largest absolute Gasteiger partial charge is 0.494 e. The van der Waals surface area contributed by atoms with E-state index in [4.69, 9.17) is 4.74 Å². The van der Waals surface area contributed by atoms with Crippen molar-refractivity contribution in [3.63, 3.8) is 0 Å². The van der Waals surface area contributed by atoms with Gasteiger partial charge in [0.05, 0.1) is 12.5 Å². The third-order valence-corrected chi connectivity index (χ3v) is 9.58. The maximum Gasteiger partial charge on any atom is 0.308 e. The number of nitrogens with zero attached hydrogens (tertiary/aromatic N) is 3. The maximum absolute atomic E-state index is 13.7. The Kier molecular flexibility index (Phi) is 12.9. The molecule has 0 unspecified atom stereocenters. The third-order valence-electron chi connectivity index (χ3n) is 9.58. The van der Waals surface area contributed by atoms with Gasteiger partial charge in [-0.3, -0.25) is 14.4 Å². The van der Waals surface area contributed by atoms with E-state index in [1.54, 1.807) is 4.90 Å². The fourth-order valence-electron chi connectivity index (χ4n) is 6.40. The number of aromatic nitrogens is 2. The summed E-state index contributed by atoms with van der Waals surface area (Å²) in [6.07, 6.45) is 10.5. The molecule has 1 aromatic heterocycles. The van der Waals surface area contributed by atoms with Crippen LogP contribution in [0.25, 0.3) is 22.5 Å². The van der Waals surface area contributed by atoms with Gasteiger partial charge in [0.15, 0.2) is 11.6 Å². The Balaban J connectivity index is 1.23. The molecule has 50 heavy (non-hydrogen) atoms. The van der Waals surface area contributed by atoms with Gasteiger partial charge >= 0.3 is 5.97 Å². The summed E-state index contributed by atoms with van der Waals surface area (Å²) in [5, 5.41) is 9.49. The minimum atomic E-state index is -0.893. The summed E-state index contributed by atoms with van der Waals surface area (Å²) < 4.78 is 5.90. The number of Topliss-reactive ketones (excluding diaryl/α,β-unsaturated/α-hetero) is 1. The Morgan fingerprint density at radius 3 is 2.12 bits per heavy atom. The molecule has 0 spiro atoms. The molecule has 8 heteroatoms. The van der Waals surface area contributed by atoms with E-state index in [0.29, 0.717) is 36.7 Å². The number of hydrogen-bond donors (Lipinski definition) is 1. The number of carbonyl (C=O) groups excluding carboxylic acids is 2. The number of carboxylic acid groups (broad SMARTS) is 1. The summed E-state index contributed by atoms with van der Waals surface area (Å²) in [6.45, 7) is 7.71. The Morgan fingerprint density at radius 2 is 1.50 bits per heavy atom. The first-order valence-corrected chi connectivity index (χ1v) is 18.0. The topological polar surface area (TPSA) is 110 Å². The number of likely N-dealkylation sites (tertiary alicyclic amines) is 1. The molecule has 2 heterocycles. The van der Waals surface area contributed by atoms with Gasteiger partial charge in [0.2, 0.25) is 5.91 Å². The van der Waals surface area contributed by atoms with Crippen LogP contribution in [0.1, 0.15) is 93.1 Å². The summed E-state index contributed by atoms with van der Waals surface area (Å²) in [6, 6.07) is 23.3. The highest BCUT2D eigenvalue weighted by Crippen LogP contribution is 2.27. The molecule has 1 saturated heterocycles. The standard InChI is InChI=1S/C42H49N3O5/c1-4-5-6-7-8-23-50-38-19-17-32(18-20-38)37-26-43-40(44-27-37)34-11-9-30(10-12-34)24-36(41(47)45-22-21-35(28-45)42(48)49)25-39(46)33-15-13-31(14-16-33)29(2)3/h9-20,26-27,29,35-36H,4-8,21-25,28H2,1-3H3,(H,48,49)/t35-,36+/m0/s1. The lowest BCUT2D eigenvalue weighted by Gasteiger charge is -2.23. The molecule has 0 saturated carbocycles. The molecule has 1 amide bonds. The zero-order valence-corrected chi connectivity index (χ0v) is 29.5. The molecule has 4 aromatic rings. The number of amides is 1. The molecular formula is C42H49N3O5. The molecule has 0 aliphatic carbocycles. The van der Waals surface area contributed by atoms with E-state index < -0.39 is 17.8 Å². The lowest BCUT2D eigenvalue weighted by atomic mass is 9.90. The Bertz CT molecular complexity index is 1700. The predicted octanol–water partition coefficient (Wildman–Crippen LogP) is 8.65. The Hall–Kier alpha value is -4.85. The van der Waals surface area contributed by atoms with Crippen LogP contribution in [-0.2, 0) is 16.0 Å². The predicted molar refractivity (Wildman–Crippen MR) is 196 cm³/mol. The second kappa shape index (κ2) is 17.7.